The Kier molecular flexibility index (Phi) is 11.3. The number of amides is 2. The second-order valence-corrected chi connectivity index (χ2v) is 12.1. The number of carboxylic acid groups (broad SMARTS) is 1. The van der Waals surface area contributed by atoms with E-state index in [4.69, 9.17) is 14.2 Å². The van der Waals surface area contributed by atoms with Crippen LogP contribution < -0.4 is 4.74 Å². The number of rotatable bonds is 12. The van der Waals surface area contributed by atoms with Gasteiger partial charge in [0.1, 0.15) is 11.4 Å². The quantitative estimate of drug-likeness (QED) is 0.365. The highest BCUT2D eigenvalue weighted by molar-refractivity contribution is 5.94. The Morgan fingerprint density at radius 2 is 1.79 bits per heavy atom. The Bertz CT molecular complexity index is 1210. The summed E-state index contributed by atoms with van der Waals surface area (Å²) in [4.78, 5) is 42.5. The molecule has 1 fully saturated rings. The van der Waals surface area contributed by atoms with E-state index in [9.17, 15) is 19.5 Å². The lowest BCUT2D eigenvalue weighted by Crippen LogP contribution is -2.56. The molecule has 2 unspecified atom stereocenters. The molecule has 12 nitrogen and oxygen atoms in total. The number of aromatic nitrogens is 3. The van der Waals surface area contributed by atoms with Crippen molar-refractivity contribution in [3.8, 4) is 11.4 Å². The lowest BCUT2D eigenvalue weighted by molar-refractivity contribution is -0.144. The van der Waals surface area contributed by atoms with Crippen molar-refractivity contribution in [3.63, 3.8) is 0 Å². The number of ether oxygens (including phenoxy) is 3. The van der Waals surface area contributed by atoms with E-state index in [1.54, 1.807) is 44.6 Å². The molecule has 2 amide bonds. The zero-order valence-corrected chi connectivity index (χ0v) is 25.8. The van der Waals surface area contributed by atoms with Crippen molar-refractivity contribution in [1.82, 2.24) is 24.8 Å². The predicted molar refractivity (Wildman–Crippen MR) is 156 cm³/mol. The SMILES string of the molecule is COCCCCc1c(C(=O)N(CC(C)C)C2CC(C(=O)O)CN(C(=O)OC(C)(C)C)C2)nnn1-c1ccc(OC)cc1. The average Bonchev–Trinajstić information content (AvgIpc) is 3.36. The van der Waals surface area contributed by atoms with Crippen molar-refractivity contribution in [1.29, 1.82) is 0 Å². The lowest BCUT2D eigenvalue weighted by Gasteiger charge is -2.42. The Morgan fingerprint density at radius 1 is 1.10 bits per heavy atom. The smallest absolute Gasteiger partial charge is 0.410 e. The molecule has 1 aliphatic rings. The van der Waals surface area contributed by atoms with Gasteiger partial charge < -0.3 is 29.1 Å². The number of nitrogens with zero attached hydrogens (tertiary/aromatic N) is 5. The Labute approximate surface area is 247 Å². The molecule has 0 spiro atoms. The molecule has 232 valence electrons. The summed E-state index contributed by atoms with van der Waals surface area (Å²) >= 11 is 0. The number of carbonyl (C=O) groups excluding carboxylic acids is 2. The van der Waals surface area contributed by atoms with Crippen LogP contribution in [0.1, 0.15) is 70.1 Å². The molecule has 12 heteroatoms. The third-order valence-electron chi connectivity index (χ3n) is 6.99. The third-order valence-corrected chi connectivity index (χ3v) is 6.99. The number of carbonyl (C=O) groups is 3. The molecular weight excluding hydrogens is 542 g/mol. The van der Waals surface area contributed by atoms with Crippen molar-refractivity contribution >= 4 is 18.0 Å². The number of piperidine rings is 1. The first-order chi connectivity index (χ1) is 19.8. The van der Waals surface area contributed by atoms with Gasteiger partial charge in [-0.3, -0.25) is 9.59 Å². The number of methoxy groups -OCH3 is 2. The van der Waals surface area contributed by atoms with Gasteiger partial charge in [-0.15, -0.1) is 5.10 Å². The zero-order valence-electron chi connectivity index (χ0n) is 25.8. The van der Waals surface area contributed by atoms with Crippen LogP contribution in [0.2, 0.25) is 0 Å². The fourth-order valence-corrected chi connectivity index (χ4v) is 5.04. The van der Waals surface area contributed by atoms with Crippen LogP contribution in [0.3, 0.4) is 0 Å². The summed E-state index contributed by atoms with van der Waals surface area (Å²) in [5.41, 5.74) is 0.863. The molecule has 2 atom stereocenters. The number of hydrogen-bond donors (Lipinski definition) is 1. The standard InChI is InChI=1S/C30H45N5O7/c1-20(2)17-34(23-16-21(28(37)38)18-33(19-23)29(39)42-30(3,4)5)27(36)26-25(10-8-9-15-40-6)35(32-31-26)22-11-13-24(41-7)14-12-22/h11-14,20-21,23H,8-10,15-19H2,1-7H3,(H,37,38). The number of unbranched alkanes of at least 4 members (excludes halogenated alkanes) is 1. The molecule has 1 aromatic heterocycles. The molecular formula is C30H45N5O7. The van der Waals surface area contributed by atoms with Gasteiger partial charge in [-0.1, -0.05) is 19.1 Å². The van der Waals surface area contributed by atoms with E-state index in [0.29, 0.717) is 31.0 Å². The maximum absolute atomic E-state index is 14.3. The summed E-state index contributed by atoms with van der Waals surface area (Å²) in [6, 6.07) is 6.79. The molecule has 2 aromatic rings. The van der Waals surface area contributed by atoms with Gasteiger partial charge in [0.15, 0.2) is 5.69 Å². The largest absolute Gasteiger partial charge is 0.497 e. The van der Waals surface area contributed by atoms with Crippen molar-refractivity contribution in [2.24, 2.45) is 11.8 Å². The van der Waals surface area contributed by atoms with Gasteiger partial charge in [0.05, 0.1) is 30.5 Å². The highest BCUT2D eigenvalue weighted by Gasteiger charge is 2.40. The van der Waals surface area contributed by atoms with Crippen LogP contribution in [0.25, 0.3) is 5.69 Å². The number of aliphatic carboxylic acids is 1. The topological polar surface area (TPSA) is 136 Å². The first-order valence-corrected chi connectivity index (χ1v) is 14.4. The van der Waals surface area contributed by atoms with Gasteiger partial charge in [-0.05, 0) is 76.6 Å². The van der Waals surface area contributed by atoms with E-state index in [2.05, 4.69) is 10.3 Å². The maximum Gasteiger partial charge on any atom is 0.410 e. The van der Waals surface area contributed by atoms with Crippen LogP contribution in [-0.2, 0) is 20.7 Å². The summed E-state index contributed by atoms with van der Waals surface area (Å²) in [6.45, 7) is 10.4. The summed E-state index contributed by atoms with van der Waals surface area (Å²) in [6.07, 6.45) is 1.69. The second-order valence-electron chi connectivity index (χ2n) is 12.1. The van der Waals surface area contributed by atoms with E-state index in [1.807, 2.05) is 38.1 Å². The number of benzene rings is 1. The molecule has 2 heterocycles. The first kappa shape index (κ1) is 32.8. The molecule has 0 radical (unpaired) electrons. The Morgan fingerprint density at radius 3 is 2.36 bits per heavy atom. The minimum atomic E-state index is -1.02. The average molecular weight is 588 g/mol. The van der Waals surface area contributed by atoms with Gasteiger partial charge in [0.2, 0.25) is 0 Å². The summed E-state index contributed by atoms with van der Waals surface area (Å²) < 4.78 is 17.7. The molecule has 0 saturated carbocycles. The van der Waals surface area contributed by atoms with E-state index in [1.165, 1.54) is 4.90 Å². The normalized spacial score (nSPS) is 17.3. The highest BCUT2D eigenvalue weighted by atomic mass is 16.6. The molecule has 1 N–H and O–H groups in total. The van der Waals surface area contributed by atoms with E-state index in [-0.39, 0.29) is 37.0 Å². The lowest BCUT2D eigenvalue weighted by atomic mass is 9.92. The molecule has 0 aliphatic carbocycles. The number of carboxylic acids is 1. The Balaban J connectivity index is 2.00. The van der Waals surface area contributed by atoms with E-state index >= 15 is 0 Å². The van der Waals surface area contributed by atoms with Crippen LogP contribution >= 0.6 is 0 Å². The summed E-state index contributed by atoms with van der Waals surface area (Å²) in [7, 11) is 3.24. The highest BCUT2D eigenvalue weighted by Crippen LogP contribution is 2.27. The second kappa shape index (κ2) is 14.5. The van der Waals surface area contributed by atoms with E-state index in [0.717, 1.165) is 18.5 Å². The van der Waals surface area contributed by atoms with Gasteiger partial charge in [0.25, 0.3) is 5.91 Å². The molecule has 1 aromatic carbocycles. The van der Waals surface area contributed by atoms with Crippen molar-refractivity contribution in [2.45, 2.75) is 71.9 Å². The summed E-state index contributed by atoms with van der Waals surface area (Å²) in [5, 5.41) is 18.6. The summed E-state index contributed by atoms with van der Waals surface area (Å²) in [5.74, 6) is -1.43. The molecule has 1 saturated heterocycles. The Hall–Kier alpha value is -3.67. The molecule has 42 heavy (non-hydrogen) atoms. The fraction of sp³-hybridized carbons (Fsp3) is 0.633. The van der Waals surface area contributed by atoms with Crippen molar-refractivity contribution in [3.05, 3.63) is 35.7 Å². The van der Waals surface area contributed by atoms with Gasteiger partial charge >= 0.3 is 12.1 Å². The van der Waals surface area contributed by atoms with Crippen LogP contribution in [0.4, 0.5) is 4.79 Å². The van der Waals surface area contributed by atoms with Gasteiger partial charge in [0, 0.05) is 33.4 Å². The van der Waals surface area contributed by atoms with Crippen LogP contribution in [0, 0.1) is 11.8 Å². The molecule has 0 bridgehead atoms. The molecule has 3 rings (SSSR count). The van der Waals surface area contributed by atoms with Crippen LogP contribution in [-0.4, -0.2) is 100.0 Å². The number of hydrogen-bond acceptors (Lipinski definition) is 8. The third kappa shape index (κ3) is 8.67. The fourth-order valence-electron chi connectivity index (χ4n) is 5.04. The van der Waals surface area contributed by atoms with Crippen LogP contribution in [0.5, 0.6) is 5.75 Å². The van der Waals surface area contributed by atoms with Crippen molar-refractivity contribution < 1.29 is 33.7 Å². The first-order valence-electron chi connectivity index (χ1n) is 14.4. The van der Waals surface area contributed by atoms with Crippen molar-refractivity contribution in [2.75, 3.05) is 40.5 Å². The molecule has 1 aliphatic heterocycles. The predicted octanol–water partition coefficient (Wildman–Crippen LogP) is 4.05. The minimum Gasteiger partial charge on any atom is -0.497 e. The zero-order chi connectivity index (χ0) is 31.0. The van der Waals surface area contributed by atoms with Gasteiger partial charge in [-0.2, -0.15) is 0 Å². The van der Waals surface area contributed by atoms with Gasteiger partial charge in [-0.25, -0.2) is 9.48 Å². The maximum atomic E-state index is 14.3. The number of likely N-dealkylation sites (tertiary alicyclic amines) is 1. The van der Waals surface area contributed by atoms with Crippen LogP contribution in [0.15, 0.2) is 24.3 Å². The van der Waals surface area contributed by atoms with E-state index < -0.39 is 29.6 Å². The minimum absolute atomic E-state index is 0.0167. The monoisotopic (exact) mass is 587 g/mol.